The molecule has 0 aromatic carbocycles. The van der Waals surface area contributed by atoms with Crippen molar-refractivity contribution in [2.75, 3.05) is 5.75 Å². The van der Waals surface area contributed by atoms with E-state index >= 15 is 0 Å². The maximum Gasteiger partial charge on any atom is 0.263 e. The summed E-state index contributed by atoms with van der Waals surface area (Å²) in [4.78, 5) is 32.2. The van der Waals surface area contributed by atoms with Crippen molar-refractivity contribution in [2.24, 2.45) is 0 Å². The SMILES string of the molecule is C=CCn1c(SCC(=O)N[C@H](C)c2ccco2)nc2sc3c(c2c1=O)CCC3. The van der Waals surface area contributed by atoms with Crippen molar-refractivity contribution in [1.29, 1.82) is 0 Å². The largest absolute Gasteiger partial charge is 0.467 e. The highest BCUT2D eigenvalue weighted by Gasteiger charge is 2.23. The summed E-state index contributed by atoms with van der Waals surface area (Å²) in [6.45, 7) is 6.00. The summed E-state index contributed by atoms with van der Waals surface area (Å²) >= 11 is 2.88. The number of amides is 1. The van der Waals surface area contributed by atoms with E-state index in [0.29, 0.717) is 17.5 Å². The van der Waals surface area contributed by atoms with Crippen molar-refractivity contribution >= 4 is 39.2 Å². The summed E-state index contributed by atoms with van der Waals surface area (Å²) in [6, 6.07) is 3.40. The van der Waals surface area contributed by atoms with E-state index in [9.17, 15) is 9.59 Å². The van der Waals surface area contributed by atoms with E-state index in [4.69, 9.17) is 9.40 Å². The third kappa shape index (κ3) is 3.54. The van der Waals surface area contributed by atoms with Crippen LogP contribution in [0.25, 0.3) is 10.2 Å². The van der Waals surface area contributed by atoms with Gasteiger partial charge in [0.2, 0.25) is 5.91 Å². The Hall–Kier alpha value is -2.32. The number of aryl methyl sites for hydroxylation is 2. The van der Waals surface area contributed by atoms with E-state index in [2.05, 4.69) is 11.9 Å². The minimum absolute atomic E-state index is 0.0313. The standard InChI is InChI=1S/C20H21N3O3S2/c1-3-9-23-19(25)17-13-6-4-8-15(13)28-18(17)22-20(23)27-11-16(24)21-12(2)14-7-5-10-26-14/h3,5,7,10,12H,1,4,6,8-9,11H2,2H3,(H,21,24)/t12-/m1/s1. The number of furan rings is 1. The zero-order chi connectivity index (χ0) is 19.7. The summed E-state index contributed by atoms with van der Waals surface area (Å²) < 4.78 is 6.93. The lowest BCUT2D eigenvalue weighted by molar-refractivity contribution is -0.119. The van der Waals surface area contributed by atoms with Crippen LogP contribution in [-0.2, 0) is 24.2 Å². The lowest BCUT2D eigenvalue weighted by atomic mass is 10.2. The lowest BCUT2D eigenvalue weighted by Crippen LogP contribution is -2.29. The molecule has 3 aromatic heterocycles. The van der Waals surface area contributed by atoms with E-state index in [-0.39, 0.29) is 23.3 Å². The van der Waals surface area contributed by atoms with Gasteiger partial charge in [-0.3, -0.25) is 14.2 Å². The molecule has 1 aliphatic rings. The van der Waals surface area contributed by atoms with Gasteiger partial charge in [-0.1, -0.05) is 17.8 Å². The van der Waals surface area contributed by atoms with Gasteiger partial charge in [0.05, 0.1) is 23.4 Å². The maximum atomic E-state index is 13.1. The van der Waals surface area contributed by atoms with Crippen LogP contribution in [0.4, 0.5) is 0 Å². The number of thioether (sulfide) groups is 1. The Balaban J connectivity index is 1.56. The zero-order valence-electron chi connectivity index (χ0n) is 15.6. The van der Waals surface area contributed by atoms with Gasteiger partial charge in [0, 0.05) is 11.4 Å². The van der Waals surface area contributed by atoms with E-state index < -0.39 is 0 Å². The van der Waals surface area contributed by atoms with Crippen LogP contribution in [0.15, 0.2) is 45.4 Å². The van der Waals surface area contributed by atoms with Crippen LogP contribution in [0, 0.1) is 0 Å². The second-order valence-electron chi connectivity index (χ2n) is 6.73. The quantitative estimate of drug-likeness (QED) is 0.362. The van der Waals surface area contributed by atoms with E-state index in [0.717, 1.165) is 35.0 Å². The van der Waals surface area contributed by atoms with Gasteiger partial charge in [0.25, 0.3) is 5.56 Å². The average Bonchev–Trinajstić information content (AvgIpc) is 3.39. The van der Waals surface area contributed by atoms with Gasteiger partial charge >= 0.3 is 0 Å². The molecule has 1 atom stereocenters. The number of rotatable bonds is 7. The number of thiophene rings is 1. The van der Waals surface area contributed by atoms with Crippen LogP contribution in [0.2, 0.25) is 0 Å². The van der Waals surface area contributed by atoms with Gasteiger partial charge in [0.1, 0.15) is 10.6 Å². The predicted octanol–water partition coefficient (Wildman–Crippen LogP) is 3.70. The average molecular weight is 416 g/mol. The molecule has 3 heterocycles. The van der Waals surface area contributed by atoms with Crippen LogP contribution in [0.3, 0.4) is 0 Å². The van der Waals surface area contributed by atoms with Gasteiger partial charge in [-0.25, -0.2) is 4.98 Å². The Bertz CT molecular complexity index is 1080. The first-order valence-electron chi connectivity index (χ1n) is 9.20. The van der Waals surface area contributed by atoms with Crippen LogP contribution in [0.1, 0.15) is 35.6 Å². The molecule has 1 amide bonds. The minimum Gasteiger partial charge on any atom is -0.467 e. The van der Waals surface area contributed by atoms with Crippen molar-refractivity contribution in [1.82, 2.24) is 14.9 Å². The third-order valence-electron chi connectivity index (χ3n) is 4.78. The van der Waals surface area contributed by atoms with Gasteiger partial charge in [-0.2, -0.15) is 0 Å². The molecular formula is C20H21N3O3S2. The molecule has 0 radical (unpaired) electrons. The first-order valence-corrected chi connectivity index (χ1v) is 11.0. The molecule has 3 aromatic rings. The molecule has 28 heavy (non-hydrogen) atoms. The normalized spacial score (nSPS) is 14.2. The van der Waals surface area contributed by atoms with E-state index in [1.807, 2.05) is 13.0 Å². The van der Waals surface area contributed by atoms with Crippen LogP contribution in [0.5, 0.6) is 0 Å². The molecule has 8 heteroatoms. The Morgan fingerprint density at radius 1 is 1.54 bits per heavy atom. The molecule has 0 aliphatic heterocycles. The van der Waals surface area contributed by atoms with Crippen LogP contribution < -0.4 is 10.9 Å². The highest BCUT2D eigenvalue weighted by Crippen LogP contribution is 2.35. The number of carbonyl (C=O) groups is 1. The van der Waals surface area contributed by atoms with Gasteiger partial charge in [0.15, 0.2) is 5.16 Å². The molecule has 1 N–H and O–H groups in total. The van der Waals surface area contributed by atoms with E-state index in [1.54, 1.807) is 34.3 Å². The number of aromatic nitrogens is 2. The monoisotopic (exact) mass is 415 g/mol. The van der Waals surface area contributed by atoms with Crippen LogP contribution >= 0.6 is 23.1 Å². The smallest absolute Gasteiger partial charge is 0.263 e. The minimum atomic E-state index is -0.214. The first-order chi connectivity index (χ1) is 13.6. The van der Waals surface area contributed by atoms with Crippen molar-refractivity contribution < 1.29 is 9.21 Å². The fourth-order valence-electron chi connectivity index (χ4n) is 3.48. The van der Waals surface area contributed by atoms with Crippen molar-refractivity contribution in [3.63, 3.8) is 0 Å². The summed E-state index contributed by atoms with van der Waals surface area (Å²) in [6.07, 6.45) is 6.33. The van der Waals surface area contributed by atoms with Crippen LogP contribution in [-0.4, -0.2) is 21.2 Å². The Morgan fingerprint density at radius 3 is 3.14 bits per heavy atom. The van der Waals surface area contributed by atoms with Gasteiger partial charge < -0.3 is 9.73 Å². The topological polar surface area (TPSA) is 77.1 Å². The second kappa shape index (κ2) is 7.97. The second-order valence-corrected chi connectivity index (χ2v) is 8.76. The molecule has 0 bridgehead atoms. The molecule has 1 aliphatic carbocycles. The van der Waals surface area contributed by atoms with E-state index in [1.165, 1.54) is 16.6 Å². The third-order valence-corrected chi connectivity index (χ3v) is 6.94. The Morgan fingerprint density at radius 2 is 2.39 bits per heavy atom. The molecule has 4 rings (SSSR count). The molecule has 146 valence electrons. The summed E-state index contributed by atoms with van der Waals surface area (Å²) in [5.74, 6) is 0.738. The van der Waals surface area contributed by atoms with Crippen molar-refractivity contribution in [2.45, 2.75) is 43.9 Å². The van der Waals surface area contributed by atoms with Crippen molar-refractivity contribution in [3.8, 4) is 0 Å². The molecule has 0 unspecified atom stereocenters. The fraction of sp³-hybridized carbons (Fsp3) is 0.350. The summed E-state index contributed by atoms with van der Waals surface area (Å²) in [5, 5.41) is 4.20. The summed E-state index contributed by atoms with van der Waals surface area (Å²) in [7, 11) is 0. The molecule has 0 fully saturated rings. The van der Waals surface area contributed by atoms with Gasteiger partial charge in [-0.05, 0) is 43.9 Å². The number of nitrogens with one attached hydrogen (secondary N) is 1. The Labute approximate surface area is 170 Å². The molecule has 0 saturated carbocycles. The lowest BCUT2D eigenvalue weighted by Gasteiger charge is -2.13. The maximum absolute atomic E-state index is 13.1. The first kappa shape index (κ1) is 19.0. The summed E-state index contributed by atoms with van der Waals surface area (Å²) in [5.41, 5.74) is 1.13. The number of hydrogen-bond acceptors (Lipinski definition) is 6. The number of allylic oxidation sites excluding steroid dienone is 1. The highest BCUT2D eigenvalue weighted by molar-refractivity contribution is 7.99. The number of nitrogens with zero attached hydrogens (tertiary/aromatic N) is 2. The number of carbonyl (C=O) groups excluding carboxylic acids is 1. The highest BCUT2D eigenvalue weighted by atomic mass is 32.2. The van der Waals surface area contributed by atoms with Crippen molar-refractivity contribution in [3.05, 3.63) is 57.6 Å². The Kier molecular flexibility index (Phi) is 5.41. The molecular weight excluding hydrogens is 394 g/mol. The number of hydrogen-bond donors (Lipinski definition) is 1. The predicted molar refractivity (Wildman–Crippen MR) is 112 cm³/mol. The fourth-order valence-corrected chi connectivity index (χ4v) is 5.60. The molecule has 0 saturated heterocycles. The molecule has 6 nitrogen and oxygen atoms in total. The van der Waals surface area contributed by atoms with Gasteiger partial charge in [-0.15, -0.1) is 17.9 Å². The zero-order valence-corrected chi connectivity index (χ0v) is 17.2. The number of fused-ring (bicyclic) bond motifs is 3. The molecule has 0 spiro atoms.